The van der Waals surface area contributed by atoms with Crippen molar-refractivity contribution in [3.63, 3.8) is 0 Å². The standard InChI is InChI=1S/C47H84O2/c1-6-8-10-12-14-16-18-20-22-24-26-28-30-32-34-37-44-43-47(5,41-40-46(44,3)4)39-36-42-49-45(48)38-35-33-31-29-27-25-23-21-19-17-15-13-11-9-7-2/h14-17,20-23,44H,6-13,18-19,24-43H2,1-5H3/b16-14-,17-15-,22-20-,23-21-. The Morgan fingerprint density at radius 2 is 1.04 bits per heavy atom. The van der Waals surface area contributed by atoms with Gasteiger partial charge in [-0.3, -0.25) is 4.79 Å². The van der Waals surface area contributed by atoms with Crippen LogP contribution in [0.3, 0.4) is 0 Å². The fourth-order valence-corrected chi connectivity index (χ4v) is 7.56. The summed E-state index contributed by atoms with van der Waals surface area (Å²) in [4.78, 5) is 12.3. The van der Waals surface area contributed by atoms with Crippen LogP contribution >= 0.6 is 0 Å². The van der Waals surface area contributed by atoms with E-state index in [2.05, 4.69) is 83.2 Å². The van der Waals surface area contributed by atoms with Gasteiger partial charge in [0.25, 0.3) is 0 Å². The summed E-state index contributed by atoms with van der Waals surface area (Å²) in [6.45, 7) is 12.7. The second-order valence-electron chi connectivity index (χ2n) is 16.5. The van der Waals surface area contributed by atoms with Crippen LogP contribution in [0.5, 0.6) is 0 Å². The molecule has 0 radical (unpaired) electrons. The summed E-state index contributed by atoms with van der Waals surface area (Å²) >= 11 is 0. The topological polar surface area (TPSA) is 26.3 Å². The van der Waals surface area contributed by atoms with Crippen molar-refractivity contribution in [2.45, 2.75) is 221 Å². The van der Waals surface area contributed by atoms with Crippen molar-refractivity contribution in [3.05, 3.63) is 48.6 Å². The number of esters is 1. The lowest BCUT2D eigenvalue weighted by molar-refractivity contribution is -0.144. The molecule has 0 aliphatic heterocycles. The Morgan fingerprint density at radius 3 is 1.57 bits per heavy atom. The van der Waals surface area contributed by atoms with E-state index in [4.69, 9.17) is 4.74 Å². The first kappa shape index (κ1) is 45.5. The number of hydrogen-bond acceptors (Lipinski definition) is 2. The van der Waals surface area contributed by atoms with E-state index in [0.29, 0.717) is 23.9 Å². The lowest BCUT2D eigenvalue weighted by Gasteiger charge is -2.48. The largest absolute Gasteiger partial charge is 0.466 e. The molecule has 0 N–H and O–H groups in total. The van der Waals surface area contributed by atoms with Gasteiger partial charge in [0.1, 0.15) is 0 Å². The van der Waals surface area contributed by atoms with Gasteiger partial charge in [0.15, 0.2) is 0 Å². The minimum Gasteiger partial charge on any atom is -0.466 e. The molecule has 2 unspecified atom stereocenters. The third-order valence-corrected chi connectivity index (χ3v) is 11.2. The minimum atomic E-state index is 0.0137. The molecule has 1 fully saturated rings. The van der Waals surface area contributed by atoms with E-state index in [0.717, 1.165) is 38.0 Å². The molecule has 0 heterocycles. The normalized spacial score (nSPS) is 19.7. The summed E-state index contributed by atoms with van der Waals surface area (Å²) in [5.41, 5.74) is 0.868. The third-order valence-electron chi connectivity index (χ3n) is 11.2. The molecule has 284 valence electrons. The average molecular weight is 681 g/mol. The van der Waals surface area contributed by atoms with Crippen molar-refractivity contribution in [1.29, 1.82) is 0 Å². The second-order valence-corrected chi connectivity index (χ2v) is 16.5. The summed E-state index contributed by atoms with van der Waals surface area (Å²) in [5, 5.41) is 0. The van der Waals surface area contributed by atoms with E-state index in [1.54, 1.807) is 0 Å². The van der Waals surface area contributed by atoms with Gasteiger partial charge in [-0.1, -0.05) is 154 Å². The summed E-state index contributed by atoms with van der Waals surface area (Å²) in [5.74, 6) is 0.838. The summed E-state index contributed by atoms with van der Waals surface area (Å²) in [6.07, 6.45) is 54.6. The number of hydrogen-bond donors (Lipinski definition) is 0. The SMILES string of the molecule is CCCCC/C=C\C/C=C\CCCCCCCC(=O)OCCCC1(C)CCC(C)(C)C(CCCCCCC/C=C\C/C=C\CCCCC)C1. The first-order valence-corrected chi connectivity index (χ1v) is 21.6. The van der Waals surface area contributed by atoms with Crippen LogP contribution in [0, 0.1) is 16.7 Å². The van der Waals surface area contributed by atoms with E-state index in [9.17, 15) is 4.79 Å². The molecule has 1 saturated carbocycles. The number of ether oxygens (including phenoxy) is 1. The van der Waals surface area contributed by atoms with Crippen molar-refractivity contribution in [3.8, 4) is 0 Å². The van der Waals surface area contributed by atoms with E-state index < -0.39 is 0 Å². The Bertz CT molecular complexity index is 877. The summed E-state index contributed by atoms with van der Waals surface area (Å²) < 4.78 is 5.66. The van der Waals surface area contributed by atoms with Gasteiger partial charge in [-0.05, 0) is 126 Å². The quantitative estimate of drug-likeness (QED) is 0.0401. The molecule has 1 rings (SSSR count). The summed E-state index contributed by atoms with van der Waals surface area (Å²) in [6, 6.07) is 0. The van der Waals surface area contributed by atoms with E-state index in [1.807, 2.05) is 0 Å². The van der Waals surface area contributed by atoms with Crippen molar-refractivity contribution in [2.24, 2.45) is 16.7 Å². The number of allylic oxidation sites excluding steroid dienone is 8. The molecule has 0 saturated heterocycles. The predicted molar refractivity (Wildman–Crippen MR) is 218 cm³/mol. The van der Waals surface area contributed by atoms with Crippen LogP contribution in [0.2, 0.25) is 0 Å². The summed E-state index contributed by atoms with van der Waals surface area (Å²) in [7, 11) is 0. The van der Waals surface area contributed by atoms with E-state index in [1.165, 1.54) is 148 Å². The number of unbranched alkanes of at least 4 members (excludes halogenated alkanes) is 16. The lowest BCUT2D eigenvalue weighted by atomic mass is 9.58. The first-order valence-electron chi connectivity index (χ1n) is 21.6. The van der Waals surface area contributed by atoms with E-state index >= 15 is 0 Å². The van der Waals surface area contributed by atoms with Crippen molar-refractivity contribution >= 4 is 5.97 Å². The molecule has 0 spiro atoms. The molecule has 2 atom stereocenters. The van der Waals surface area contributed by atoms with Crippen LogP contribution in [0.1, 0.15) is 221 Å². The highest BCUT2D eigenvalue weighted by molar-refractivity contribution is 5.69. The molecule has 0 aromatic heterocycles. The Morgan fingerprint density at radius 1 is 0.571 bits per heavy atom. The van der Waals surface area contributed by atoms with E-state index in [-0.39, 0.29) is 5.97 Å². The van der Waals surface area contributed by atoms with Gasteiger partial charge in [-0.2, -0.15) is 0 Å². The van der Waals surface area contributed by atoms with Gasteiger partial charge < -0.3 is 4.74 Å². The average Bonchev–Trinajstić information content (AvgIpc) is 3.08. The first-order chi connectivity index (χ1) is 23.8. The van der Waals surface area contributed by atoms with Gasteiger partial charge in [0.2, 0.25) is 0 Å². The van der Waals surface area contributed by atoms with Crippen LogP contribution in [0.25, 0.3) is 0 Å². The molecule has 2 heteroatoms. The van der Waals surface area contributed by atoms with Crippen LogP contribution in [0.15, 0.2) is 48.6 Å². The van der Waals surface area contributed by atoms with Gasteiger partial charge in [0.05, 0.1) is 6.61 Å². The smallest absolute Gasteiger partial charge is 0.305 e. The monoisotopic (exact) mass is 681 g/mol. The van der Waals surface area contributed by atoms with Crippen LogP contribution < -0.4 is 0 Å². The molecule has 49 heavy (non-hydrogen) atoms. The van der Waals surface area contributed by atoms with Gasteiger partial charge in [-0.15, -0.1) is 0 Å². The van der Waals surface area contributed by atoms with Crippen molar-refractivity contribution < 1.29 is 9.53 Å². The molecule has 0 amide bonds. The Kier molecular flexibility index (Phi) is 28.9. The van der Waals surface area contributed by atoms with Crippen molar-refractivity contribution in [2.75, 3.05) is 6.61 Å². The number of carbonyl (C=O) groups excluding carboxylic acids is 1. The molecule has 0 bridgehead atoms. The zero-order valence-corrected chi connectivity index (χ0v) is 33.7. The minimum absolute atomic E-state index is 0.0137. The molecular formula is C47H84O2. The fourth-order valence-electron chi connectivity index (χ4n) is 7.56. The maximum absolute atomic E-state index is 12.3. The maximum Gasteiger partial charge on any atom is 0.305 e. The predicted octanol–water partition coefficient (Wildman–Crippen LogP) is 15.8. The Labute approximate surface area is 307 Å². The van der Waals surface area contributed by atoms with Crippen molar-refractivity contribution in [1.82, 2.24) is 0 Å². The number of rotatable bonds is 32. The highest BCUT2D eigenvalue weighted by Crippen LogP contribution is 2.52. The fraction of sp³-hybridized carbons (Fsp3) is 0.809. The molecule has 0 aromatic rings. The van der Waals surface area contributed by atoms with Crippen LogP contribution in [-0.4, -0.2) is 12.6 Å². The third kappa shape index (κ3) is 26.8. The highest BCUT2D eigenvalue weighted by Gasteiger charge is 2.41. The molecule has 0 aromatic carbocycles. The maximum atomic E-state index is 12.3. The Hall–Kier alpha value is -1.57. The zero-order valence-electron chi connectivity index (χ0n) is 33.7. The Balaban J connectivity index is 2.06. The van der Waals surface area contributed by atoms with Crippen LogP contribution in [-0.2, 0) is 9.53 Å². The lowest BCUT2D eigenvalue weighted by Crippen LogP contribution is -2.37. The van der Waals surface area contributed by atoms with Gasteiger partial charge in [0, 0.05) is 6.42 Å². The highest BCUT2D eigenvalue weighted by atomic mass is 16.5. The number of carbonyl (C=O) groups is 1. The zero-order chi connectivity index (χ0) is 35.7. The van der Waals surface area contributed by atoms with Gasteiger partial charge in [-0.25, -0.2) is 0 Å². The second kappa shape index (κ2) is 31.2. The van der Waals surface area contributed by atoms with Gasteiger partial charge >= 0.3 is 5.97 Å². The van der Waals surface area contributed by atoms with Crippen LogP contribution in [0.4, 0.5) is 0 Å². The molecular weight excluding hydrogens is 597 g/mol. The molecule has 2 nitrogen and oxygen atoms in total. The molecule has 1 aliphatic rings. The molecule has 1 aliphatic carbocycles.